The second-order valence-corrected chi connectivity index (χ2v) is 7.75. The van der Waals surface area contributed by atoms with E-state index in [1.165, 1.54) is 38.0 Å². The lowest BCUT2D eigenvalue weighted by molar-refractivity contribution is -0.271. The topological polar surface area (TPSA) is 49.8 Å². The van der Waals surface area contributed by atoms with Crippen molar-refractivity contribution in [2.24, 2.45) is 0 Å². The van der Waals surface area contributed by atoms with Gasteiger partial charge in [0, 0.05) is 38.0 Å². The summed E-state index contributed by atoms with van der Waals surface area (Å²) >= 11 is 0. The zero-order chi connectivity index (χ0) is 20.5. The Labute approximate surface area is 168 Å². The first-order valence-corrected chi connectivity index (χ1v) is 8.75. The highest BCUT2D eigenvalue weighted by Crippen LogP contribution is 2.44. The fraction of sp³-hybridized carbons (Fsp3) is 0.632. The van der Waals surface area contributed by atoms with Gasteiger partial charge < -0.3 is 9.84 Å². The van der Waals surface area contributed by atoms with Gasteiger partial charge >= 0.3 is 6.18 Å². The first-order valence-electron chi connectivity index (χ1n) is 8.75. The maximum Gasteiger partial charge on any atom is 0.418 e. The molecular weight excluding hydrogens is 402 g/mol. The summed E-state index contributed by atoms with van der Waals surface area (Å²) in [5, 5.41) is 10.6. The van der Waals surface area contributed by atoms with Crippen molar-refractivity contribution in [2.45, 2.75) is 50.3 Å². The lowest BCUT2D eigenvalue weighted by atomic mass is 9.74. The van der Waals surface area contributed by atoms with Gasteiger partial charge in [0.25, 0.3) is 0 Å². The predicted octanol–water partition coefficient (Wildman–Crippen LogP) is 3.88. The second-order valence-electron chi connectivity index (χ2n) is 7.75. The number of likely N-dealkylation sites (tertiary alicyclic amines) is 1. The summed E-state index contributed by atoms with van der Waals surface area (Å²) in [6.07, 6.45) is -5.20. The van der Waals surface area contributed by atoms with Crippen LogP contribution in [0.2, 0.25) is 0 Å². The molecule has 1 fully saturated rings. The van der Waals surface area contributed by atoms with Crippen LogP contribution in [0, 0.1) is 5.82 Å². The molecule has 1 aliphatic rings. The Morgan fingerprint density at radius 1 is 1.18 bits per heavy atom. The van der Waals surface area contributed by atoms with Crippen LogP contribution in [0.4, 0.5) is 17.6 Å². The Bertz CT molecular complexity index is 686. The monoisotopic (exact) mass is 427 g/mol. The van der Waals surface area contributed by atoms with Crippen molar-refractivity contribution in [3.63, 3.8) is 0 Å². The Morgan fingerprint density at radius 2 is 1.75 bits per heavy atom. The number of hydrogen-bond donors (Lipinski definition) is 1. The zero-order valence-corrected chi connectivity index (χ0v) is 16.9. The van der Waals surface area contributed by atoms with Crippen molar-refractivity contribution in [1.82, 2.24) is 4.90 Å². The highest BCUT2D eigenvalue weighted by molar-refractivity contribution is 5.85. The van der Waals surface area contributed by atoms with E-state index >= 15 is 0 Å². The van der Waals surface area contributed by atoms with Crippen LogP contribution >= 0.6 is 12.4 Å². The minimum atomic E-state index is -4.88. The average Bonchev–Trinajstić information content (AvgIpc) is 2.55. The maximum atomic E-state index is 13.8. The number of hydrogen-bond acceptors (Lipinski definition) is 4. The largest absolute Gasteiger partial charge is 0.496 e. The Kier molecular flexibility index (Phi) is 7.89. The van der Waals surface area contributed by atoms with Crippen molar-refractivity contribution in [3.8, 4) is 5.75 Å². The van der Waals surface area contributed by atoms with Gasteiger partial charge in [-0.25, -0.2) is 4.39 Å². The molecule has 2 rings (SSSR count). The molecule has 0 bridgehead atoms. The molecule has 1 unspecified atom stereocenters. The summed E-state index contributed by atoms with van der Waals surface area (Å²) in [5.74, 6) is -0.329. The summed E-state index contributed by atoms with van der Waals surface area (Å²) < 4.78 is 60.3. The molecule has 0 aliphatic carbocycles. The average molecular weight is 428 g/mol. The summed E-state index contributed by atoms with van der Waals surface area (Å²) in [4.78, 5) is 12.8. The van der Waals surface area contributed by atoms with E-state index in [-0.39, 0.29) is 55.4 Å². The van der Waals surface area contributed by atoms with E-state index in [1.54, 1.807) is 0 Å². The number of rotatable bonds is 6. The van der Waals surface area contributed by atoms with Crippen LogP contribution < -0.4 is 4.74 Å². The van der Waals surface area contributed by atoms with Crippen molar-refractivity contribution in [1.29, 1.82) is 0 Å². The second kappa shape index (κ2) is 8.97. The molecule has 1 aromatic rings. The SMILES string of the molecule is COc1ccc(F)cc1C(C)(C)CC(O)(CN1CCC(=O)CC1)C(F)(F)F.Cl. The van der Waals surface area contributed by atoms with Crippen molar-refractivity contribution >= 4 is 18.2 Å². The molecule has 0 saturated carbocycles. The Morgan fingerprint density at radius 3 is 2.25 bits per heavy atom. The van der Waals surface area contributed by atoms with E-state index in [0.29, 0.717) is 0 Å². The lowest BCUT2D eigenvalue weighted by Gasteiger charge is -2.41. The molecule has 9 heteroatoms. The number of β-amino-alcohol motifs (C(OH)–C–C–N with tert-alkyl or cyclic N) is 1. The van der Waals surface area contributed by atoms with Gasteiger partial charge in [0.1, 0.15) is 17.3 Å². The third kappa shape index (κ3) is 5.58. The molecular formula is C19H26ClF4NO3. The van der Waals surface area contributed by atoms with Crippen LogP contribution in [0.3, 0.4) is 0 Å². The van der Waals surface area contributed by atoms with E-state index in [1.807, 2.05) is 0 Å². The van der Waals surface area contributed by atoms with Gasteiger partial charge in [-0.2, -0.15) is 13.2 Å². The minimum absolute atomic E-state index is 0. The lowest BCUT2D eigenvalue weighted by Crippen LogP contribution is -2.57. The molecule has 28 heavy (non-hydrogen) atoms. The number of methoxy groups -OCH3 is 1. The summed E-state index contributed by atoms with van der Waals surface area (Å²) in [7, 11) is 1.35. The fourth-order valence-electron chi connectivity index (χ4n) is 3.61. The van der Waals surface area contributed by atoms with Gasteiger partial charge in [0.05, 0.1) is 7.11 Å². The van der Waals surface area contributed by atoms with E-state index in [4.69, 9.17) is 4.74 Å². The quantitative estimate of drug-likeness (QED) is 0.700. The summed E-state index contributed by atoms with van der Waals surface area (Å²) in [6, 6.07) is 3.66. The predicted molar refractivity (Wildman–Crippen MR) is 99.5 cm³/mol. The smallest absolute Gasteiger partial charge is 0.418 e. The highest BCUT2D eigenvalue weighted by Gasteiger charge is 2.56. The molecule has 1 N–H and O–H groups in total. The van der Waals surface area contributed by atoms with Crippen LogP contribution in [0.1, 0.15) is 38.7 Å². The number of piperidine rings is 1. The Balaban J connectivity index is 0.00000392. The van der Waals surface area contributed by atoms with E-state index in [2.05, 4.69) is 0 Å². The molecule has 1 atom stereocenters. The number of benzene rings is 1. The maximum absolute atomic E-state index is 13.8. The van der Waals surface area contributed by atoms with Crippen molar-refractivity contribution in [3.05, 3.63) is 29.6 Å². The molecule has 0 aromatic heterocycles. The van der Waals surface area contributed by atoms with Crippen LogP contribution in [0.5, 0.6) is 5.75 Å². The van der Waals surface area contributed by atoms with Crippen LogP contribution in [-0.4, -0.2) is 54.3 Å². The van der Waals surface area contributed by atoms with E-state index in [9.17, 15) is 27.5 Å². The summed E-state index contributed by atoms with van der Waals surface area (Å²) in [6.45, 7) is 2.76. The van der Waals surface area contributed by atoms with Crippen LogP contribution in [0.15, 0.2) is 18.2 Å². The number of alkyl halides is 3. The number of aliphatic hydroxyl groups is 1. The van der Waals surface area contributed by atoms with Crippen LogP contribution in [0.25, 0.3) is 0 Å². The number of ketones is 1. The first-order chi connectivity index (χ1) is 12.4. The molecule has 1 saturated heterocycles. The highest BCUT2D eigenvalue weighted by atomic mass is 35.5. The number of carbonyl (C=O) groups is 1. The summed E-state index contributed by atoms with van der Waals surface area (Å²) in [5.41, 5.74) is -3.97. The minimum Gasteiger partial charge on any atom is -0.496 e. The number of ether oxygens (including phenoxy) is 1. The zero-order valence-electron chi connectivity index (χ0n) is 16.1. The third-order valence-electron chi connectivity index (χ3n) is 5.05. The van der Waals surface area contributed by atoms with Gasteiger partial charge in [-0.3, -0.25) is 9.69 Å². The molecule has 4 nitrogen and oxygen atoms in total. The van der Waals surface area contributed by atoms with Gasteiger partial charge in [0.2, 0.25) is 0 Å². The third-order valence-corrected chi connectivity index (χ3v) is 5.05. The standard InChI is InChI=1S/C19H25F4NO3.ClH/c1-17(2,15-10-13(20)4-5-16(15)27-3)11-18(26,19(21,22)23)12-24-8-6-14(25)7-9-24;/h4-5,10,26H,6-9,11-12H2,1-3H3;1H. The first kappa shape index (κ1) is 24.7. The molecule has 1 aliphatic heterocycles. The van der Waals surface area contributed by atoms with Gasteiger partial charge in [-0.1, -0.05) is 13.8 Å². The van der Waals surface area contributed by atoms with Crippen molar-refractivity contribution < 1.29 is 32.2 Å². The van der Waals surface area contributed by atoms with Gasteiger partial charge in [0.15, 0.2) is 5.60 Å². The van der Waals surface area contributed by atoms with Gasteiger partial charge in [-0.05, 0) is 30.0 Å². The number of halogens is 5. The normalized spacial score (nSPS) is 18.4. The van der Waals surface area contributed by atoms with Crippen LogP contribution in [-0.2, 0) is 10.2 Å². The van der Waals surface area contributed by atoms with E-state index < -0.39 is 36.0 Å². The number of carbonyl (C=O) groups excluding carboxylic acids is 1. The molecule has 0 radical (unpaired) electrons. The van der Waals surface area contributed by atoms with E-state index in [0.717, 1.165) is 6.07 Å². The molecule has 0 spiro atoms. The molecule has 160 valence electrons. The fourth-order valence-corrected chi connectivity index (χ4v) is 3.61. The Hall–Kier alpha value is -1.38. The van der Waals surface area contributed by atoms with Gasteiger partial charge in [-0.15, -0.1) is 12.4 Å². The molecule has 1 aromatic carbocycles. The number of Topliss-reactive ketones (excluding diaryl/α,β-unsaturated/α-hetero) is 1. The molecule has 0 amide bonds. The number of nitrogens with zero attached hydrogens (tertiary/aromatic N) is 1. The van der Waals surface area contributed by atoms with Crippen molar-refractivity contribution in [2.75, 3.05) is 26.7 Å². The molecule has 1 heterocycles.